The van der Waals surface area contributed by atoms with Crippen LogP contribution >= 0.6 is 0 Å². The van der Waals surface area contributed by atoms with Crippen molar-refractivity contribution in [2.75, 3.05) is 6.54 Å². The molecule has 3 heteroatoms. The monoisotopic (exact) mass is 284 g/mol. The lowest BCUT2D eigenvalue weighted by Gasteiger charge is -2.29. The van der Waals surface area contributed by atoms with Crippen LogP contribution in [0.1, 0.15) is 43.2 Å². The van der Waals surface area contributed by atoms with Crippen LogP contribution in [0.3, 0.4) is 0 Å². The van der Waals surface area contributed by atoms with E-state index in [-0.39, 0.29) is 17.4 Å². The molecular formula is C18H24N2O. The van der Waals surface area contributed by atoms with Gasteiger partial charge in [0, 0.05) is 12.5 Å². The van der Waals surface area contributed by atoms with Crippen LogP contribution in [0.2, 0.25) is 0 Å². The van der Waals surface area contributed by atoms with E-state index in [2.05, 4.69) is 36.5 Å². The zero-order valence-electron chi connectivity index (χ0n) is 12.6. The van der Waals surface area contributed by atoms with Crippen molar-refractivity contribution in [3.63, 3.8) is 0 Å². The molecule has 0 spiro atoms. The fraction of sp³-hybridized carbons (Fsp3) is 0.611. The van der Waals surface area contributed by atoms with Crippen LogP contribution in [0.25, 0.3) is 0 Å². The Balaban J connectivity index is 1.50. The highest BCUT2D eigenvalue weighted by molar-refractivity contribution is 5.84. The SMILES string of the molecule is CC(CN)(NC(=O)C1C2CCc3ccccc3C21)C1CC1. The van der Waals surface area contributed by atoms with E-state index in [1.807, 2.05) is 0 Å². The van der Waals surface area contributed by atoms with Crippen molar-refractivity contribution in [1.29, 1.82) is 0 Å². The third-order valence-corrected chi connectivity index (χ3v) is 5.94. The Hall–Kier alpha value is -1.35. The number of nitrogens with one attached hydrogen (secondary N) is 1. The van der Waals surface area contributed by atoms with Crippen LogP contribution < -0.4 is 11.1 Å². The first-order valence-corrected chi connectivity index (χ1v) is 8.24. The number of nitrogens with two attached hydrogens (primary N) is 1. The largest absolute Gasteiger partial charge is 0.349 e. The van der Waals surface area contributed by atoms with Crippen molar-refractivity contribution in [3.05, 3.63) is 35.4 Å². The van der Waals surface area contributed by atoms with Gasteiger partial charge in [0.05, 0.1) is 5.54 Å². The van der Waals surface area contributed by atoms with Crippen LogP contribution in [0, 0.1) is 17.8 Å². The molecule has 0 aromatic heterocycles. The van der Waals surface area contributed by atoms with Crippen LogP contribution in [0.15, 0.2) is 24.3 Å². The topological polar surface area (TPSA) is 55.1 Å². The normalized spacial score (nSPS) is 32.6. The van der Waals surface area contributed by atoms with Gasteiger partial charge >= 0.3 is 0 Å². The molecule has 0 bridgehead atoms. The maximum atomic E-state index is 12.7. The summed E-state index contributed by atoms with van der Waals surface area (Å²) in [7, 11) is 0. The Bertz CT molecular complexity index is 580. The molecule has 1 aromatic rings. The van der Waals surface area contributed by atoms with Gasteiger partial charge < -0.3 is 11.1 Å². The summed E-state index contributed by atoms with van der Waals surface area (Å²) in [5.74, 6) is 2.01. The molecule has 112 valence electrons. The van der Waals surface area contributed by atoms with E-state index in [0.29, 0.717) is 24.3 Å². The molecule has 4 unspecified atom stereocenters. The fourth-order valence-corrected chi connectivity index (χ4v) is 4.33. The third kappa shape index (κ3) is 2.10. The van der Waals surface area contributed by atoms with E-state index in [1.54, 1.807) is 0 Å². The molecule has 0 radical (unpaired) electrons. The van der Waals surface area contributed by atoms with Crippen LogP contribution in [-0.4, -0.2) is 18.0 Å². The molecule has 1 aromatic carbocycles. The molecule has 2 saturated carbocycles. The molecule has 2 fully saturated rings. The summed E-state index contributed by atoms with van der Waals surface area (Å²) in [5.41, 5.74) is 8.59. The summed E-state index contributed by atoms with van der Waals surface area (Å²) in [6.07, 6.45) is 4.68. The lowest BCUT2D eigenvalue weighted by Crippen LogP contribution is -2.53. The smallest absolute Gasteiger partial charge is 0.224 e. The Morgan fingerprint density at radius 2 is 2.10 bits per heavy atom. The summed E-state index contributed by atoms with van der Waals surface area (Å²) in [6, 6.07) is 8.63. The quantitative estimate of drug-likeness (QED) is 0.890. The number of carbonyl (C=O) groups excluding carboxylic acids is 1. The molecule has 0 heterocycles. The number of carbonyl (C=O) groups is 1. The van der Waals surface area contributed by atoms with E-state index in [0.717, 1.165) is 12.8 Å². The van der Waals surface area contributed by atoms with Gasteiger partial charge in [-0.3, -0.25) is 4.79 Å². The van der Waals surface area contributed by atoms with Gasteiger partial charge in [-0.1, -0.05) is 24.3 Å². The van der Waals surface area contributed by atoms with Gasteiger partial charge in [-0.15, -0.1) is 0 Å². The first kappa shape index (κ1) is 13.3. The van der Waals surface area contributed by atoms with Crippen LogP contribution in [0.4, 0.5) is 0 Å². The highest BCUT2D eigenvalue weighted by atomic mass is 16.2. The van der Waals surface area contributed by atoms with E-state index in [1.165, 1.54) is 24.0 Å². The second-order valence-corrected chi connectivity index (χ2v) is 7.34. The second-order valence-electron chi connectivity index (χ2n) is 7.34. The minimum Gasteiger partial charge on any atom is -0.349 e. The number of aryl methyl sites for hydroxylation is 1. The zero-order chi connectivity index (χ0) is 14.6. The van der Waals surface area contributed by atoms with E-state index >= 15 is 0 Å². The Kier molecular flexibility index (Phi) is 2.90. The highest BCUT2D eigenvalue weighted by Gasteiger charge is 2.58. The highest BCUT2D eigenvalue weighted by Crippen LogP contribution is 2.60. The lowest BCUT2D eigenvalue weighted by molar-refractivity contribution is -0.124. The molecule has 21 heavy (non-hydrogen) atoms. The van der Waals surface area contributed by atoms with Gasteiger partial charge in [0.2, 0.25) is 5.91 Å². The number of fused-ring (bicyclic) bond motifs is 3. The number of amides is 1. The van der Waals surface area contributed by atoms with E-state index in [4.69, 9.17) is 5.73 Å². The first-order valence-electron chi connectivity index (χ1n) is 8.24. The maximum Gasteiger partial charge on any atom is 0.224 e. The lowest BCUT2D eigenvalue weighted by atomic mass is 9.92. The first-order chi connectivity index (χ1) is 10.1. The van der Waals surface area contributed by atoms with Crippen LogP contribution in [-0.2, 0) is 11.2 Å². The summed E-state index contributed by atoms with van der Waals surface area (Å²) < 4.78 is 0. The van der Waals surface area contributed by atoms with Crippen LogP contribution in [0.5, 0.6) is 0 Å². The van der Waals surface area contributed by atoms with Crippen molar-refractivity contribution in [2.45, 2.75) is 44.1 Å². The average Bonchev–Trinajstić information content (AvgIpc) is 3.39. The molecule has 1 amide bonds. The van der Waals surface area contributed by atoms with Gasteiger partial charge in [0.15, 0.2) is 0 Å². The Labute approximate surface area is 126 Å². The predicted molar refractivity (Wildman–Crippen MR) is 82.8 cm³/mol. The predicted octanol–water partition coefficient (Wildman–Crippen LogP) is 2.21. The molecule has 0 aliphatic heterocycles. The van der Waals surface area contributed by atoms with Gasteiger partial charge in [-0.2, -0.15) is 0 Å². The number of hydrogen-bond acceptors (Lipinski definition) is 2. The van der Waals surface area contributed by atoms with Crippen molar-refractivity contribution < 1.29 is 4.79 Å². The maximum absolute atomic E-state index is 12.7. The summed E-state index contributed by atoms with van der Waals surface area (Å²) in [5, 5.41) is 3.29. The van der Waals surface area contributed by atoms with Gasteiger partial charge in [0.1, 0.15) is 0 Å². The van der Waals surface area contributed by atoms with Crippen molar-refractivity contribution in [1.82, 2.24) is 5.32 Å². The molecule has 3 nitrogen and oxygen atoms in total. The molecule has 3 N–H and O–H groups in total. The number of hydrogen-bond donors (Lipinski definition) is 2. The molecular weight excluding hydrogens is 260 g/mol. The fourth-order valence-electron chi connectivity index (χ4n) is 4.33. The molecule has 3 aliphatic rings. The molecule has 3 aliphatic carbocycles. The second kappa shape index (κ2) is 4.57. The Morgan fingerprint density at radius 1 is 1.33 bits per heavy atom. The van der Waals surface area contributed by atoms with E-state index in [9.17, 15) is 4.79 Å². The van der Waals surface area contributed by atoms with Crippen molar-refractivity contribution >= 4 is 5.91 Å². The number of rotatable bonds is 4. The summed E-state index contributed by atoms with van der Waals surface area (Å²) in [6.45, 7) is 2.66. The standard InChI is InChI=1S/C18H24N2O/c1-18(10-19,12-7-8-12)20-17(21)16-14-9-6-11-4-2-3-5-13(11)15(14)16/h2-5,12,14-16H,6-10,19H2,1H3,(H,20,21). The number of benzene rings is 1. The minimum atomic E-state index is -0.192. The molecule has 0 saturated heterocycles. The van der Waals surface area contributed by atoms with Crippen molar-refractivity contribution in [2.24, 2.45) is 23.5 Å². The third-order valence-electron chi connectivity index (χ3n) is 5.94. The molecule has 4 atom stereocenters. The zero-order valence-corrected chi connectivity index (χ0v) is 12.6. The summed E-state index contributed by atoms with van der Waals surface area (Å²) in [4.78, 5) is 12.7. The van der Waals surface area contributed by atoms with Gasteiger partial charge in [0.25, 0.3) is 0 Å². The van der Waals surface area contributed by atoms with Gasteiger partial charge in [-0.05, 0) is 61.5 Å². The van der Waals surface area contributed by atoms with Crippen molar-refractivity contribution in [3.8, 4) is 0 Å². The molecule has 4 rings (SSSR count). The summed E-state index contributed by atoms with van der Waals surface area (Å²) >= 11 is 0. The average molecular weight is 284 g/mol. The van der Waals surface area contributed by atoms with E-state index < -0.39 is 0 Å². The minimum absolute atomic E-state index is 0.179. The van der Waals surface area contributed by atoms with Gasteiger partial charge in [-0.25, -0.2) is 0 Å². The Morgan fingerprint density at radius 3 is 2.81 bits per heavy atom.